The van der Waals surface area contributed by atoms with E-state index in [-0.39, 0.29) is 0 Å². The van der Waals surface area contributed by atoms with Gasteiger partial charge in [0, 0.05) is 24.7 Å². The van der Waals surface area contributed by atoms with E-state index in [2.05, 4.69) is 33.0 Å². The van der Waals surface area contributed by atoms with Gasteiger partial charge < -0.3 is 10.1 Å². The number of ether oxygens (including phenoxy) is 1. The lowest BCUT2D eigenvalue weighted by atomic mass is 9.88. The molecule has 2 nitrogen and oxygen atoms in total. The van der Waals surface area contributed by atoms with Crippen LogP contribution >= 0.6 is 11.8 Å². The number of hydrogen-bond acceptors (Lipinski definition) is 3. The Morgan fingerprint density at radius 2 is 2.00 bits per heavy atom. The second-order valence-electron chi connectivity index (χ2n) is 4.54. The molecule has 0 bridgehead atoms. The van der Waals surface area contributed by atoms with Gasteiger partial charge in [0.1, 0.15) is 0 Å². The van der Waals surface area contributed by atoms with Crippen LogP contribution < -0.4 is 5.32 Å². The van der Waals surface area contributed by atoms with Gasteiger partial charge in [-0.2, -0.15) is 11.8 Å². The minimum atomic E-state index is 0.343. The first-order valence-electron chi connectivity index (χ1n) is 5.32. The normalized spacial score (nSPS) is 14.4. The third-order valence-corrected chi connectivity index (χ3v) is 3.24. The SMILES string of the molecule is CCNC(CSCCOC)C(C)(C)C. The van der Waals surface area contributed by atoms with Crippen LogP contribution in [0.4, 0.5) is 0 Å². The van der Waals surface area contributed by atoms with Crippen molar-refractivity contribution in [2.45, 2.75) is 33.7 Å². The topological polar surface area (TPSA) is 21.3 Å². The molecule has 3 heteroatoms. The standard InChI is InChI=1S/C11H25NOS/c1-6-12-10(11(2,3)4)9-14-8-7-13-5/h10,12H,6-9H2,1-5H3. The summed E-state index contributed by atoms with van der Waals surface area (Å²) in [5.41, 5.74) is 0.343. The van der Waals surface area contributed by atoms with Gasteiger partial charge >= 0.3 is 0 Å². The Morgan fingerprint density at radius 3 is 2.43 bits per heavy atom. The molecule has 0 saturated heterocycles. The van der Waals surface area contributed by atoms with E-state index >= 15 is 0 Å². The van der Waals surface area contributed by atoms with Crippen LogP contribution in [-0.4, -0.2) is 37.8 Å². The first kappa shape index (κ1) is 14.3. The molecule has 0 aromatic rings. The zero-order chi connectivity index (χ0) is 11.0. The Hall–Kier alpha value is 0.270. The number of rotatable bonds is 7. The van der Waals surface area contributed by atoms with Crippen LogP contribution in [-0.2, 0) is 4.74 Å². The molecule has 86 valence electrons. The maximum absolute atomic E-state index is 5.03. The molecule has 0 rings (SSSR count). The average molecular weight is 219 g/mol. The lowest BCUT2D eigenvalue weighted by Gasteiger charge is -2.31. The van der Waals surface area contributed by atoms with Crippen LogP contribution in [0.15, 0.2) is 0 Å². The summed E-state index contributed by atoms with van der Waals surface area (Å²) in [4.78, 5) is 0. The van der Waals surface area contributed by atoms with Crippen molar-refractivity contribution in [3.05, 3.63) is 0 Å². The molecule has 0 amide bonds. The lowest BCUT2D eigenvalue weighted by Crippen LogP contribution is -2.42. The fourth-order valence-electron chi connectivity index (χ4n) is 1.20. The predicted molar refractivity (Wildman–Crippen MR) is 66.1 cm³/mol. The van der Waals surface area contributed by atoms with Crippen molar-refractivity contribution < 1.29 is 4.74 Å². The summed E-state index contributed by atoms with van der Waals surface area (Å²) in [7, 11) is 1.76. The van der Waals surface area contributed by atoms with E-state index in [4.69, 9.17) is 4.74 Å². The molecule has 1 unspecified atom stereocenters. The Morgan fingerprint density at radius 1 is 1.36 bits per heavy atom. The van der Waals surface area contributed by atoms with Crippen molar-refractivity contribution in [2.24, 2.45) is 5.41 Å². The Bertz CT molecular complexity index is 134. The molecule has 0 heterocycles. The van der Waals surface area contributed by atoms with Crippen molar-refractivity contribution in [3.63, 3.8) is 0 Å². The zero-order valence-electron chi connectivity index (χ0n) is 10.2. The Balaban J connectivity index is 3.74. The van der Waals surface area contributed by atoms with Gasteiger partial charge in [0.15, 0.2) is 0 Å². The van der Waals surface area contributed by atoms with Gasteiger partial charge in [0.2, 0.25) is 0 Å². The Labute approximate surface area is 93.2 Å². The molecule has 0 aromatic heterocycles. The van der Waals surface area contributed by atoms with Gasteiger partial charge in [-0.1, -0.05) is 27.7 Å². The summed E-state index contributed by atoms with van der Waals surface area (Å²) in [6, 6.07) is 0.592. The molecule has 14 heavy (non-hydrogen) atoms. The van der Waals surface area contributed by atoms with E-state index in [1.807, 2.05) is 11.8 Å². The van der Waals surface area contributed by atoms with Crippen molar-refractivity contribution in [1.82, 2.24) is 5.32 Å². The van der Waals surface area contributed by atoms with Crippen LogP contribution in [0.25, 0.3) is 0 Å². The second-order valence-corrected chi connectivity index (χ2v) is 5.69. The molecule has 0 aromatic carbocycles. The summed E-state index contributed by atoms with van der Waals surface area (Å²) in [5.74, 6) is 2.26. The summed E-state index contributed by atoms with van der Waals surface area (Å²) in [6.45, 7) is 10.9. The second kappa shape index (κ2) is 7.55. The minimum Gasteiger partial charge on any atom is -0.384 e. The Kier molecular flexibility index (Phi) is 7.69. The fourth-order valence-corrected chi connectivity index (χ4v) is 2.51. The van der Waals surface area contributed by atoms with Crippen molar-refractivity contribution in [3.8, 4) is 0 Å². The van der Waals surface area contributed by atoms with E-state index in [0.29, 0.717) is 11.5 Å². The van der Waals surface area contributed by atoms with Gasteiger partial charge in [0.05, 0.1) is 6.61 Å². The number of thioether (sulfide) groups is 1. The first-order chi connectivity index (χ1) is 6.52. The fraction of sp³-hybridized carbons (Fsp3) is 1.00. The van der Waals surface area contributed by atoms with Gasteiger partial charge in [-0.25, -0.2) is 0 Å². The molecule has 0 spiro atoms. The van der Waals surface area contributed by atoms with Crippen LogP contribution in [0.3, 0.4) is 0 Å². The van der Waals surface area contributed by atoms with E-state index in [9.17, 15) is 0 Å². The lowest BCUT2D eigenvalue weighted by molar-refractivity contribution is 0.218. The van der Waals surface area contributed by atoms with Gasteiger partial charge in [-0.05, 0) is 12.0 Å². The zero-order valence-corrected chi connectivity index (χ0v) is 11.0. The van der Waals surface area contributed by atoms with Crippen molar-refractivity contribution >= 4 is 11.8 Å². The van der Waals surface area contributed by atoms with E-state index in [1.54, 1.807) is 7.11 Å². The molecular formula is C11H25NOS. The highest BCUT2D eigenvalue weighted by molar-refractivity contribution is 7.99. The van der Waals surface area contributed by atoms with Crippen LogP contribution in [0.1, 0.15) is 27.7 Å². The highest BCUT2D eigenvalue weighted by atomic mass is 32.2. The summed E-state index contributed by atoms with van der Waals surface area (Å²) in [5, 5.41) is 3.54. The number of nitrogens with one attached hydrogen (secondary N) is 1. The van der Waals surface area contributed by atoms with Crippen LogP contribution in [0, 0.1) is 5.41 Å². The van der Waals surface area contributed by atoms with Gasteiger partial charge in [-0.15, -0.1) is 0 Å². The third kappa shape index (κ3) is 6.68. The monoisotopic (exact) mass is 219 g/mol. The molecule has 0 radical (unpaired) electrons. The maximum Gasteiger partial charge on any atom is 0.0552 e. The van der Waals surface area contributed by atoms with Crippen molar-refractivity contribution in [2.75, 3.05) is 31.8 Å². The molecule has 1 N–H and O–H groups in total. The first-order valence-corrected chi connectivity index (χ1v) is 6.48. The average Bonchev–Trinajstić information content (AvgIpc) is 2.08. The third-order valence-electron chi connectivity index (χ3n) is 2.21. The maximum atomic E-state index is 5.03. The summed E-state index contributed by atoms with van der Waals surface area (Å²) < 4.78 is 5.03. The largest absolute Gasteiger partial charge is 0.384 e. The number of hydrogen-bond donors (Lipinski definition) is 1. The summed E-state index contributed by atoms with van der Waals surface area (Å²) >= 11 is 1.97. The quantitative estimate of drug-likeness (QED) is 0.664. The van der Waals surface area contributed by atoms with Crippen LogP contribution in [0.5, 0.6) is 0 Å². The van der Waals surface area contributed by atoms with E-state index < -0.39 is 0 Å². The number of methoxy groups -OCH3 is 1. The molecule has 0 fully saturated rings. The van der Waals surface area contributed by atoms with Gasteiger partial charge in [0.25, 0.3) is 0 Å². The van der Waals surface area contributed by atoms with E-state index in [1.165, 1.54) is 5.75 Å². The minimum absolute atomic E-state index is 0.343. The highest BCUT2D eigenvalue weighted by Gasteiger charge is 2.22. The molecule has 0 aliphatic rings. The highest BCUT2D eigenvalue weighted by Crippen LogP contribution is 2.22. The van der Waals surface area contributed by atoms with Gasteiger partial charge in [-0.3, -0.25) is 0 Å². The smallest absolute Gasteiger partial charge is 0.0552 e. The molecule has 0 aliphatic carbocycles. The summed E-state index contributed by atoms with van der Waals surface area (Å²) in [6.07, 6.45) is 0. The molecule has 0 aliphatic heterocycles. The molecule has 0 saturated carbocycles. The van der Waals surface area contributed by atoms with E-state index in [0.717, 1.165) is 18.9 Å². The molecular weight excluding hydrogens is 194 g/mol. The van der Waals surface area contributed by atoms with Crippen molar-refractivity contribution in [1.29, 1.82) is 0 Å². The predicted octanol–water partition coefficient (Wildman–Crippen LogP) is 2.39. The molecule has 1 atom stereocenters. The van der Waals surface area contributed by atoms with Crippen LogP contribution in [0.2, 0.25) is 0 Å².